The van der Waals surface area contributed by atoms with Crippen molar-refractivity contribution in [2.45, 2.75) is 32.6 Å². The van der Waals surface area contributed by atoms with Crippen molar-refractivity contribution in [2.75, 3.05) is 36.9 Å². The smallest absolute Gasteiger partial charge is 0.253 e. The van der Waals surface area contributed by atoms with E-state index in [0.717, 1.165) is 37.2 Å². The maximum atomic E-state index is 12.7. The molecule has 3 rings (SSSR count). The molecule has 0 spiro atoms. The van der Waals surface area contributed by atoms with Gasteiger partial charge in [0.2, 0.25) is 5.91 Å². The van der Waals surface area contributed by atoms with Gasteiger partial charge in [-0.05, 0) is 61.7 Å². The van der Waals surface area contributed by atoms with Crippen LogP contribution in [0.1, 0.15) is 43.0 Å². The Kier molecular flexibility index (Phi) is 8.10. The maximum Gasteiger partial charge on any atom is 0.253 e. The van der Waals surface area contributed by atoms with Gasteiger partial charge >= 0.3 is 0 Å². The first kappa shape index (κ1) is 22.4. The number of rotatable bonds is 8. The zero-order valence-corrected chi connectivity index (χ0v) is 18.2. The molecule has 6 nitrogen and oxygen atoms in total. The van der Waals surface area contributed by atoms with Gasteiger partial charge in [-0.15, -0.1) is 0 Å². The lowest BCUT2D eigenvalue weighted by molar-refractivity contribution is -0.114. The Morgan fingerprint density at radius 1 is 1.00 bits per heavy atom. The fourth-order valence-corrected chi connectivity index (χ4v) is 3.44. The number of carbonyl (C=O) groups is 2. The monoisotopic (exact) mass is 421 g/mol. The summed E-state index contributed by atoms with van der Waals surface area (Å²) in [6, 6.07) is 14.6. The molecule has 1 aliphatic rings. The van der Waals surface area contributed by atoms with Crippen LogP contribution in [0.3, 0.4) is 0 Å². The number of hydrogen-bond donors (Lipinski definition) is 2. The van der Waals surface area contributed by atoms with Gasteiger partial charge in [-0.25, -0.2) is 0 Å². The Balaban J connectivity index is 1.48. The second-order valence-electron chi connectivity index (χ2n) is 7.96. The van der Waals surface area contributed by atoms with Crippen LogP contribution in [-0.2, 0) is 4.79 Å². The second-order valence-corrected chi connectivity index (χ2v) is 7.96. The summed E-state index contributed by atoms with van der Waals surface area (Å²) in [5, 5.41) is 5.95. The Hall–Kier alpha value is -3.28. The lowest BCUT2D eigenvalue weighted by atomic mass is 10.1. The molecule has 0 saturated carbocycles. The van der Waals surface area contributed by atoms with Crippen molar-refractivity contribution in [3.63, 3.8) is 0 Å². The first-order chi connectivity index (χ1) is 15.0. The highest BCUT2D eigenvalue weighted by molar-refractivity contribution is 5.95. The highest BCUT2D eigenvalue weighted by Gasteiger charge is 2.17. The van der Waals surface area contributed by atoms with Crippen LogP contribution >= 0.6 is 0 Å². The highest BCUT2D eigenvalue weighted by atomic mass is 16.5. The highest BCUT2D eigenvalue weighted by Crippen LogP contribution is 2.18. The van der Waals surface area contributed by atoms with Crippen LogP contribution in [-0.4, -0.2) is 43.0 Å². The molecule has 6 heteroatoms. The number of benzene rings is 2. The average molecular weight is 422 g/mol. The summed E-state index contributed by atoms with van der Waals surface area (Å²) in [4.78, 5) is 26.9. The van der Waals surface area contributed by atoms with Gasteiger partial charge in [0.05, 0.1) is 6.54 Å². The van der Waals surface area contributed by atoms with Crippen LogP contribution in [0, 0.1) is 0 Å². The molecule has 1 saturated heterocycles. The van der Waals surface area contributed by atoms with Gasteiger partial charge < -0.3 is 20.3 Å². The molecule has 0 unspecified atom stereocenters. The Labute approximate surface area is 184 Å². The molecule has 1 fully saturated rings. The fourth-order valence-electron chi connectivity index (χ4n) is 3.44. The zero-order chi connectivity index (χ0) is 22.1. The first-order valence-corrected chi connectivity index (χ1v) is 10.8. The van der Waals surface area contributed by atoms with E-state index in [2.05, 4.69) is 17.2 Å². The molecule has 1 heterocycles. The van der Waals surface area contributed by atoms with Gasteiger partial charge in [0.1, 0.15) is 12.4 Å². The number of amides is 2. The Morgan fingerprint density at radius 2 is 1.71 bits per heavy atom. The number of ether oxygens (including phenoxy) is 1. The lowest BCUT2D eigenvalue weighted by Gasteiger charge is -2.20. The number of nitrogens with one attached hydrogen (secondary N) is 2. The third kappa shape index (κ3) is 7.17. The summed E-state index contributed by atoms with van der Waals surface area (Å²) in [5.41, 5.74) is 3.08. The quantitative estimate of drug-likeness (QED) is 0.606. The van der Waals surface area contributed by atoms with E-state index in [0.29, 0.717) is 23.6 Å². The van der Waals surface area contributed by atoms with E-state index < -0.39 is 0 Å². The normalized spacial score (nSPS) is 13.8. The van der Waals surface area contributed by atoms with Crippen LogP contribution in [0.4, 0.5) is 11.4 Å². The predicted molar refractivity (Wildman–Crippen MR) is 125 cm³/mol. The molecular formula is C25H31N3O3. The molecule has 164 valence electrons. The average Bonchev–Trinajstić information content (AvgIpc) is 3.06. The molecule has 1 aliphatic heterocycles. The molecule has 0 aromatic heterocycles. The van der Waals surface area contributed by atoms with Crippen LogP contribution in [0.15, 0.2) is 60.7 Å². The summed E-state index contributed by atoms with van der Waals surface area (Å²) >= 11 is 0. The van der Waals surface area contributed by atoms with Crippen molar-refractivity contribution in [2.24, 2.45) is 0 Å². The standard InChI is InChI=1S/C25H31N3O3/c1-19(2)18-31-23-9-7-8-22(16-23)27-24(29)17-26-21-12-10-20(11-13-21)25(30)28-14-5-3-4-6-15-28/h7-13,16,26H,1,3-6,14-15,17-18H2,2H3,(H,27,29). The fraction of sp³-hybridized carbons (Fsp3) is 0.360. The van der Waals surface area contributed by atoms with E-state index in [4.69, 9.17) is 4.74 Å². The van der Waals surface area contributed by atoms with Gasteiger partial charge in [-0.1, -0.05) is 25.5 Å². The van der Waals surface area contributed by atoms with Crippen molar-refractivity contribution < 1.29 is 14.3 Å². The summed E-state index contributed by atoms with van der Waals surface area (Å²) < 4.78 is 5.60. The number of anilines is 2. The predicted octanol–water partition coefficient (Wildman–Crippen LogP) is 4.71. The summed E-state index contributed by atoms with van der Waals surface area (Å²) in [6.07, 6.45) is 4.54. The zero-order valence-electron chi connectivity index (χ0n) is 18.2. The summed E-state index contributed by atoms with van der Waals surface area (Å²) in [5.74, 6) is 0.597. The van der Waals surface area contributed by atoms with Gasteiger partial charge in [0, 0.05) is 36.1 Å². The molecule has 2 amide bonds. The molecule has 31 heavy (non-hydrogen) atoms. The lowest BCUT2D eigenvalue weighted by Crippen LogP contribution is -2.31. The summed E-state index contributed by atoms with van der Waals surface area (Å²) in [6.45, 7) is 7.93. The molecule has 2 aromatic rings. The third-order valence-electron chi connectivity index (χ3n) is 5.08. The van der Waals surface area contributed by atoms with E-state index >= 15 is 0 Å². The van der Waals surface area contributed by atoms with Crippen molar-refractivity contribution in [3.05, 3.63) is 66.2 Å². The molecule has 0 aliphatic carbocycles. The van der Waals surface area contributed by atoms with Crippen molar-refractivity contribution in [1.29, 1.82) is 0 Å². The van der Waals surface area contributed by atoms with E-state index in [1.165, 1.54) is 12.8 Å². The number of nitrogens with zero attached hydrogens (tertiary/aromatic N) is 1. The van der Waals surface area contributed by atoms with Gasteiger partial charge in [0.25, 0.3) is 5.91 Å². The molecule has 2 aromatic carbocycles. The van der Waals surface area contributed by atoms with E-state index in [1.54, 1.807) is 6.07 Å². The van der Waals surface area contributed by atoms with E-state index in [-0.39, 0.29) is 18.4 Å². The minimum absolute atomic E-state index is 0.0833. The van der Waals surface area contributed by atoms with E-state index in [1.807, 2.05) is 54.3 Å². The van der Waals surface area contributed by atoms with Gasteiger partial charge in [0.15, 0.2) is 0 Å². The molecule has 0 bridgehead atoms. The van der Waals surface area contributed by atoms with Crippen molar-refractivity contribution in [3.8, 4) is 5.75 Å². The van der Waals surface area contributed by atoms with Gasteiger partial charge in [-0.3, -0.25) is 9.59 Å². The van der Waals surface area contributed by atoms with Crippen LogP contribution < -0.4 is 15.4 Å². The third-order valence-corrected chi connectivity index (χ3v) is 5.08. The Morgan fingerprint density at radius 3 is 2.39 bits per heavy atom. The second kappa shape index (κ2) is 11.2. The minimum atomic E-state index is -0.165. The molecular weight excluding hydrogens is 390 g/mol. The molecule has 0 radical (unpaired) electrons. The van der Waals surface area contributed by atoms with Crippen LogP contribution in [0.2, 0.25) is 0 Å². The SMILES string of the molecule is C=C(C)COc1cccc(NC(=O)CNc2ccc(C(=O)N3CCCCCC3)cc2)c1. The number of likely N-dealkylation sites (tertiary alicyclic amines) is 1. The van der Waals surface area contributed by atoms with Crippen molar-refractivity contribution >= 4 is 23.2 Å². The number of carbonyl (C=O) groups excluding carboxylic acids is 2. The minimum Gasteiger partial charge on any atom is -0.489 e. The van der Waals surface area contributed by atoms with Crippen LogP contribution in [0.25, 0.3) is 0 Å². The van der Waals surface area contributed by atoms with E-state index in [9.17, 15) is 9.59 Å². The maximum absolute atomic E-state index is 12.7. The molecule has 0 atom stereocenters. The summed E-state index contributed by atoms with van der Waals surface area (Å²) in [7, 11) is 0. The number of hydrogen-bond acceptors (Lipinski definition) is 4. The van der Waals surface area contributed by atoms with Crippen LogP contribution in [0.5, 0.6) is 5.75 Å². The topological polar surface area (TPSA) is 70.7 Å². The largest absolute Gasteiger partial charge is 0.489 e. The first-order valence-electron chi connectivity index (χ1n) is 10.8. The molecule has 2 N–H and O–H groups in total. The van der Waals surface area contributed by atoms with Gasteiger partial charge in [-0.2, -0.15) is 0 Å². The van der Waals surface area contributed by atoms with Crippen molar-refractivity contribution in [1.82, 2.24) is 4.90 Å². The Bertz CT molecular complexity index is 900.